The summed E-state index contributed by atoms with van der Waals surface area (Å²) in [6, 6.07) is -2.26. The molecule has 17 heavy (non-hydrogen) atoms. The molecule has 0 rings (SSSR count). The van der Waals surface area contributed by atoms with Crippen LogP contribution in [0.25, 0.3) is 0 Å². The minimum absolute atomic E-state index is 0.0856. The predicted octanol–water partition coefficient (Wildman–Crippen LogP) is 1.44. The largest absolute Gasteiger partial charge is 0.480 e. The highest BCUT2D eigenvalue weighted by molar-refractivity contribution is 5.82. The molecular formula is C9H15F3N2O3. The molecule has 0 heterocycles. The fourth-order valence-corrected chi connectivity index (χ4v) is 1.08. The molecule has 0 aliphatic heterocycles. The van der Waals surface area contributed by atoms with Gasteiger partial charge in [0.25, 0.3) is 0 Å². The van der Waals surface area contributed by atoms with E-state index in [9.17, 15) is 22.8 Å². The second-order valence-corrected chi connectivity index (χ2v) is 3.55. The van der Waals surface area contributed by atoms with E-state index in [1.165, 1.54) is 6.92 Å². The smallest absolute Gasteiger partial charge is 0.406 e. The van der Waals surface area contributed by atoms with E-state index in [0.717, 1.165) is 0 Å². The average molecular weight is 256 g/mol. The summed E-state index contributed by atoms with van der Waals surface area (Å²) in [5.41, 5.74) is 0. The number of amides is 2. The lowest BCUT2D eigenvalue weighted by atomic mass is 10.3. The van der Waals surface area contributed by atoms with Gasteiger partial charge in [0.05, 0.1) is 0 Å². The van der Waals surface area contributed by atoms with E-state index < -0.39 is 30.8 Å². The third-order valence-corrected chi connectivity index (χ3v) is 1.86. The zero-order valence-corrected chi connectivity index (χ0v) is 9.54. The summed E-state index contributed by atoms with van der Waals surface area (Å²) in [7, 11) is 0. The minimum Gasteiger partial charge on any atom is -0.480 e. The molecule has 0 fully saturated rings. The van der Waals surface area contributed by atoms with Gasteiger partial charge in [-0.05, 0) is 13.3 Å². The Morgan fingerprint density at radius 2 is 1.94 bits per heavy atom. The van der Waals surface area contributed by atoms with Crippen LogP contribution in [0.3, 0.4) is 0 Å². The molecule has 0 aliphatic rings. The van der Waals surface area contributed by atoms with Crippen molar-refractivity contribution >= 4 is 12.0 Å². The molecule has 0 radical (unpaired) electrons. The minimum atomic E-state index is -4.50. The van der Waals surface area contributed by atoms with Gasteiger partial charge in [0, 0.05) is 6.54 Å². The van der Waals surface area contributed by atoms with E-state index in [4.69, 9.17) is 5.11 Å². The SMILES string of the molecule is CCCN(CC(F)(F)F)C(=O)N[C@@H](C)C(=O)O. The van der Waals surface area contributed by atoms with Crippen LogP contribution in [0.15, 0.2) is 0 Å². The van der Waals surface area contributed by atoms with Crippen molar-refractivity contribution in [2.45, 2.75) is 32.5 Å². The van der Waals surface area contributed by atoms with E-state index >= 15 is 0 Å². The number of carbonyl (C=O) groups is 2. The van der Waals surface area contributed by atoms with E-state index in [2.05, 4.69) is 0 Å². The van der Waals surface area contributed by atoms with Crippen LogP contribution >= 0.6 is 0 Å². The molecule has 0 bridgehead atoms. The van der Waals surface area contributed by atoms with E-state index in [-0.39, 0.29) is 6.54 Å². The molecule has 0 aliphatic carbocycles. The summed E-state index contributed by atoms with van der Waals surface area (Å²) < 4.78 is 36.4. The van der Waals surface area contributed by atoms with Gasteiger partial charge in [-0.2, -0.15) is 13.2 Å². The number of nitrogens with one attached hydrogen (secondary N) is 1. The summed E-state index contributed by atoms with van der Waals surface area (Å²) >= 11 is 0. The first-order valence-electron chi connectivity index (χ1n) is 5.02. The highest BCUT2D eigenvalue weighted by atomic mass is 19.4. The van der Waals surface area contributed by atoms with Crippen LogP contribution in [-0.4, -0.2) is 47.3 Å². The molecule has 0 unspecified atom stereocenters. The summed E-state index contributed by atoms with van der Waals surface area (Å²) in [6.07, 6.45) is -4.15. The van der Waals surface area contributed by atoms with Crippen LogP contribution in [0, 0.1) is 0 Å². The maximum Gasteiger partial charge on any atom is 0.406 e. The Balaban J connectivity index is 4.49. The van der Waals surface area contributed by atoms with Crippen molar-refractivity contribution < 1.29 is 27.9 Å². The molecule has 100 valence electrons. The van der Waals surface area contributed by atoms with Gasteiger partial charge in [-0.1, -0.05) is 6.92 Å². The van der Waals surface area contributed by atoms with E-state index in [1.54, 1.807) is 6.92 Å². The van der Waals surface area contributed by atoms with Gasteiger partial charge in [-0.15, -0.1) is 0 Å². The maximum atomic E-state index is 12.1. The number of urea groups is 1. The molecule has 1 atom stereocenters. The molecule has 2 N–H and O–H groups in total. The number of hydrogen-bond donors (Lipinski definition) is 2. The normalized spacial score (nSPS) is 13.0. The van der Waals surface area contributed by atoms with Gasteiger partial charge < -0.3 is 15.3 Å². The monoisotopic (exact) mass is 256 g/mol. The number of halogens is 3. The second-order valence-electron chi connectivity index (χ2n) is 3.55. The van der Waals surface area contributed by atoms with Crippen LogP contribution in [0.4, 0.5) is 18.0 Å². The van der Waals surface area contributed by atoms with Crippen molar-refractivity contribution in [2.24, 2.45) is 0 Å². The highest BCUT2D eigenvalue weighted by Crippen LogP contribution is 2.16. The van der Waals surface area contributed by atoms with Gasteiger partial charge in [-0.3, -0.25) is 4.79 Å². The Bertz CT molecular complexity index is 281. The Morgan fingerprint density at radius 1 is 1.41 bits per heavy atom. The molecule has 2 amide bonds. The summed E-state index contributed by atoms with van der Waals surface area (Å²) in [5.74, 6) is -1.30. The fourth-order valence-electron chi connectivity index (χ4n) is 1.08. The first-order chi connectivity index (χ1) is 7.67. The van der Waals surface area contributed by atoms with Crippen molar-refractivity contribution in [3.63, 3.8) is 0 Å². The Hall–Kier alpha value is -1.47. The third-order valence-electron chi connectivity index (χ3n) is 1.86. The predicted molar refractivity (Wildman–Crippen MR) is 53.5 cm³/mol. The number of carboxylic acid groups (broad SMARTS) is 1. The molecule has 0 saturated heterocycles. The third kappa shape index (κ3) is 6.64. The second kappa shape index (κ2) is 6.31. The first-order valence-corrected chi connectivity index (χ1v) is 5.02. The molecule has 0 aromatic rings. The number of alkyl halides is 3. The molecule has 0 saturated carbocycles. The van der Waals surface area contributed by atoms with E-state index in [1.807, 2.05) is 5.32 Å². The van der Waals surface area contributed by atoms with Crippen LogP contribution < -0.4 is 5.32 Å². The van der Waals surface area contributed by atoms with Crippen LogP contribution in [0.5, 0.6) is 0 Å². The fraction of sp³-hybridized carbons (Fsp3) is 0.778. The summed E-state index contributed by atoms with van der Waals surface area (Å²) in [4.78, 5) is 22.4. The van der Waals surface area contributed by atoms with Gasteiger partial charge in [0.1, 0.15) is 12.6 Å². The Labute approximate surface area is 96.6 Å². The standard InChI is InChI=1S/C9H15F3N2O3/c1-3-4-14(5-9(10,11)12)8(17)13-6(2)7(15)16/h6H,3-5H2,1-2H3,(H,13,17)(H,15,16)/t6-/m0/s1. The van der Waals surface area contributed by atoms with Gasteiger partial charge in [-0.25, -0.2) is 4.79 Å². The lowest BCUT2D eigenvalue weighted by Crippen LogP contribution is -2.49. The van der Waals surface area contributed by atoms with Gasteiger partial charge in [0.15, 0.2) is 0 Å². The number of carboxylic acids is 1. The topological polar surface area (TPSA) is 69.6 Å². The Kier molecular flexibility index (Phi) is 5.77. The van der Waals surface area contributed by atoms with Crippen LogP contribution in [-0.2, 0) is 4.79 Å². The van der Waals surface area contributed by atoms with Crippen molar-refractivity contribution in [1.29, 1.82) is 0 Å². The lowest BCUT2D eigenvalue weighted by Gasteiger charge is -2.24. The molecule has 0 aromatic carbocycles. The van der Waals surface area contributed by atoms with Crippen LogP contribution in [0.2, 0.25) is 0 Å². The first kappa shape index (κ1) is 15.5. The molecule has 8 heteroatoms. The molecule has 5 nitrogen and oxygen atoms in total. The zero-order valence-electron chi connectivity index (χ0n) is 9.54. The van der Waals surface area contributed by atoms with Crippen molar-refractivity contribution in [2.75, 3.05) is 13.1 Å². The van der Waals surface area contributed by atoms with Crippen molar-refractivity contribution in [3.05, 3.63) is 0 Å². The maximum absolute atomic E-state index is 12.1. The number of nitrogens with zero attached hydrogens (tertiary/aromatic N) is 1. The number of aliphatic carboxylic acids is 1. The Morgan fingerprint density at radius 3 is 2.29 bits per heavy atom. The van der Waals surface area contributed by atoms with Crippen molar-refractivity contribution in [1.82, 2.24) is 10.2 Å². The molecule has 0 spiro atoms. The quantitative estimate of drug-likeness (QED) is 0.782. The molecular weight excluding hydrogens is 241 g/mol. The number of carbonyl (C=O) groups excluding carboxylic acids is 1. The van der Waals surface area contributed by atoms with E-state index in [0.29, 0.717) is 11.3 Å². The summed E-state index contributed by atoms with van der Waals surface area (Å²) in [5, 5.41) is 10.5. The van der Waals surface area contributed by atoms with Crippen molar-refractivity contribution in [3.8, 4) is 0 Å². The lowest BCUT2D eigenvalue weighted by molar-refractivity contribution is -0.140. The van der Waals surface area contributed by atoms with Gasteiger partial charge in [0.2, 0.25) is 0 Å². The van der Waals surface area contributed by atoms with Crippen LogP contribution in [0.1, 0.15) is 20.3 Å². The van der Waals surface area contributed by atoms with Gasteiger partial charge >= 0.3 is 18.2 Å². The molecule has 0 aromatic heterocycles. The average Bonchev–Trinajstić information content (AvgIpc) is 2.14. The number of rotatable bonds is 5. The highest BCUT2D eigenvalue weighted by Gasteiger charge is 2.33. The summed E-state index contributed by atoms with van der Waals surface area (Å²) in [6.45, 7) is 1.33. The number of hydrogen-bond acceptors (Lipinski definition) is 2. The zero-order chi connectivity index (χ0) is 13.6.